The van der Waals surface area contributed by atoms with E-state index in [1.165, 1.54) is 0 Å². The zero-order valence-corrected chi connectivity index (χ0v) is 12.2. The number of benzene rings is 1. The number of aliphatic carboxylic acids is 1. The van der Waals surface area contributed by atoms with Crippen LogP contribution in [0, 0.1) is 0 Å². The second kappa shape index (κ2) is 6.45. The monoisotopic (exact) mass is 306 g/mol. The van der Waals surface area contributed by atoms with Gasteiger partial charge in [-0.1, -0.05) is 23.7 Å². The Bertz CT molecular complexity index is 662. The van der Waals surface area contributed by atoms with Gasteiger partial charge in [0.1, 0.15) is 5.69 Å². The third kappa shape index (κ3) is 4.10. The molecule has 1 aromatic carbocycles. The molecule has 0 bridgehead atoms. The van der Waals surface area contributed by atoms with Gasteiger partial charge in [0, 0.05) is 25.4 Å². The summed E-state index contributed by atoms with van der Waals surface area (Å²) in [4.78, 5) is 22.6. The van der Waals surface area contributed by atoms with Crippen LogP contribution in [0.2, 0.25) is 5.02 Å². The van der Waals surface area contributed by atoms with E-state index in [9.17, 15) is 9.59 Å². The number of carboxylic acid groups (broad SMARTS) is 1. The van der Waals surface area contributed by atoms with E-state index in [0.717, 1.165) is 5.56 Å². The molecule has 2 aromatic rings. The van der Waals surface area contributed by atoms with Crippen LogP contribution in [-0.2, 0) is 18.3 Å². The first kappa shape index (κ1) is 15.1. The lowest BCUT2D eigenvalue weighted by Gasteiger charge is -2.07. The Kier molecular flexibility index (Phi) is 4.65. The number of nitrogens with one attached hydrogen (secondary N) is 1. The summed E-state index contributed by atoms with van der Waals surface area (Å²) < 4.78 is 1.65. The van der Waals surface area contributed by atoms with Gasteiger partial charge in [-0.2, -0.15) is 0 Å². The maximum Gasteiger partial charge on any atom is 0.303 e. The quantitative estimate of drug-likeness (QED) is 0.892. The SMILES string of the molecule is Cn1cc(Cl)cc1C(=O)Nc1ccc(CCC(=O)O)cc1. The van der Waals surface area contributed by atoms with Crippen LogP contribution >= 0.6 is 11.6 Å². The van der Waals surface area contributed by atoms with E-state index in [2.05, 4.69) is 5.32 Å². The van der Waals surface area contributed by atoms with Crippen LogP contribution in [0.1, 0.15) is 22.5 Å². The van der Waals surface area contributed by atoms with Crippen molar-refractivity contribution in [3.8, 4) is 0 Å². The molecule has 2 N–H and O–H groups in total. The van der Waals surface area contributed by atoms with Crippen molar-refractivity contribution in [2.75, 3.05) is 5.32 Å². The molecule has 1 aromatic heterocycles. The van der Waals surface area contributed by atoms with Crippen LogP contribution in [-0.4, -0.2) is 21.6 Å². The van der Waals surface area contributed by atoms with Gasteiger partial charge in [0.15, 0.2) is 0 Å². The van der Waals surface area contributed by atoms with Gasteiger partial charge in [0.25, 0.3) is 5.91 Å². The van der Waals surface area contributed by atoms with E-state index in [1.54, 1.807) is 48.1 Å². The van der Waals surface area contributed by atoms with E-state index in [4.69, 9.17) is 16.7 Å². The first-order valence-corrected chi connectivity index (χ1v) is 6.77. The molecule has 0 fully saturated rings. The number of rotatable bonds is 5. The number of carbonyl (C=O) groups is 2. The Balaban J connectivity index is 2.01. The normalized spacial score (nSPS) is 10.4. The maximum atomic E-state index is 12.1. The van der Waals surface area contributed by atoms with Crippen LogP contribution in [0.25, 0.3) is 0 Å². The van der Waals surface area contributed by atoms with Crippen LogP contribution in [0.15, 0.2) is 36.5 Å². The Morgan fingerprint density at radius 3 is 2.48 bits per heavy atom. The van der Waals surface area contributed by atoms with Crippen LogP contribution in [0.4, 0.5) is 5.69 Å². The fourth-order valence-corrected chi connectivity index (χ4v) is 2.20. The molecule has 21 heavy (non-hydrogen) atoms. The number of anilines is 1. The lowest BCUT2D eigenvalue weighted by Crippen LogP contribution is -2.15. The lowest BCUT2D eigenvalue weighted by atomic mass is 10.1. The van der Waals surface area contributed by atoms with E-state index >= 15 is 0 Å². The van der Waals surface area contributed by atoms with Gasteiger partial charge < -0.3 is 15.0 Å². The summed E-state index contributed by atoms with van der Waals surface area (Å²) in [6, 6.07) is 8.70. The zero-order valence-electron chi connectivity index (χ0n) is 11.5. The fourth-order valence-electron chi connectivity index (χ4n) is 1.95. The summed E-state index contributed by atoms with van der Waals surface area (Å²) in [6.45, 7) is 0. The van der Waals surface area contributed by atoms with E-state index < -0.39 is 5.97 Å². The summed E-state index contributed by atoms with van der Waals surface area (Å²) in [6.07, 6.45) is 2.22. The van der Waals surface area contributed by atoms with Crippen LogP contribution in [0.5, 0.6) is 0 Å². The van der Waals surface area contributed by atoms with E-state index in [-0.39, 0.29) is 12.3 Å². The largest absolute Gasteiger partial charge is 0.481 e. The smallest absolute Gasteiger partial charge is 0.303 e. The lowest BCUT2D eigenvalue weighted by molar-refractivity contribution is -0.136. The molecule has 110 valence electrons. The average Bonchev–Trinajstić information content (AvgIpc) is 2.77. The molecule has 1 heterocycles. The van der Waals surface area contributed by atoms with Crippen molar-refractivity contribution in [3.05, 3.63) is 52.8 Å². The van der Waals surface area contributed by atoms with Crippen molar-refractivity contribution < 1.29 is 14.7 Å². The molecule has 0 aliphatic rings. The van der Waals surface area contributed by atoms with Gasteiger partial charge in [0.05, 0.1) is 5.02 Å². The minimum Gasteiger partial charge on any atom is -0.481 e. The molecule has 2 rings (SSSR count). The van der Waals surface area contributed by atoms with Crippen molar-refractivity contribution in [3.63, 3.8) is 0 Å². The minimum absolute atomic E-state index is 0.0908. The molecular formula is C15H15ClN2O3. The standard InChI is InChI=1S/C15H15ClN2O3/c1-18-9-11(16)8-13(18)15(21)17-12-5-2-10(3-6-12)4-7-14(19)20/h2-3,5-6,8-9H,4,7H2,1H3,(H,17,21)(H,19,20). The number of carbonyl (C=O) groups excluding carboxylic acids is 1. The third-order valence-corrected chi connectivity index (χ3v) is 3.25. The Morgan fingerprint density at radius 2 is 1.95 bits per heavy atom. The number of amides is 1. The summed E-state index contributed by atoms with van der Waals surface area (Å²) in [7, 11) is 1.75. The van der Waals surface area contributed by atoms with Crippen molar-refractivity contribution in [1.29, 1.82) is 0 Å². The predicted octanol–water partition coefficient (Wildman–Crippen LogP) is 2.95. The minimum atomic E-state index is -0.826. The Morgan fingerprint density at radius 1 is 1.29 bits per heavy atom. The average molecular weight is 307 g/mol. The highest BCUT2D eigenvalue weighted by atomic mass is 35.5. The maximum absolute atomic E-state index is 12.1. The topological polar surface area (TPSA) is 71.3 Å². The number of hydrogen-bond donors (Lipinski definition) is 2. The molecule has 0 saturated carbocycles. The Hall–Kier alpha value is -2.27. The summed E-state index contributed by atoms with van der Waals surface area (Å²) in [5.74, 6) is -1.07. The van der Waals surface area contributed by atoms with Crippen molar-refractivity contribution >= 4 is 29.2 Å². The molecule has 6 heteroatoms. The number of aryl methyl sites for hydroxylation is 2. The molecule has 1 amide bonds. The molecule has 0 saturated heterocycles. The number of carboxylic acids is 1. The highest BCUT2D eigenvalue weighted by Crippen LogP contribution is 2.16. The molecule has 0 aliphatic heterocycles. The number of hydrogen-bond acceptors (Lipinski definition) is 2. The van der Waals surface area contributed by atoms with Crippen LogP contribution in [0.3, 0.4) is 0 Å². The molecule has 0 radical (unpaired) electrons. The summed E-state index contributed by atoms with van der Waals surface area (Å²) in [5, 5.41) is 11.9. The third-order valence-electron chi connectivity index (χ3n) is 3.04. The molecule has 0 spiro atoms. The van der Waals surface area contributed by atoms with E-state index in [0.29, 0.717) is 22.8 Å². The van der Waals surface area contributed by atoms with Crippen LogP contribution < -0.4 is 5.32 Å². The second-order valence-corrected chi connectivity index (χ2v) is 5.14. The highest BCUT2D eigenvalue weighted by molar-refractivity contribution is 6.31. The van der Waals surface area contributed by atoms with Gasteiger partial charge in [-0.3, -0.25) is 9.59 Å². The number of nitrogens with zero attached hydrogens (tertiary/aromatic N) is 1. The molecule has 0 atom stereocenters. The van der Waals surface area contributed by atoms with Gasteiger partial charge in [-0.25, -0.2) is 0 Å². The van der Waals surface area contributed by atoms with Gasteiger partial charge in [-0.05, 0) is 30.2 Å². The first-order chi connectivity index (χ1) is 9.95. The second-order valence-electron chi connectivity index (χ2n) is 4.70. The molecule has 0 unspecified atom stereocenters. The number of halogens is 1. The fraction of sp³-hybridized carbons (Fsp3) is 0.200. The summed E-state index contributed by atoms with van der Waals surface area (Å²) >= 11 is 5.85. The van der Waals surface area contributed by atoms with Gasteiger partial charge in [0.2, 0.25) is 0 Å². The first-order valence-electron chi connectivity index (χ1n) is 6.39. The van der Waals surface area contributed by atoms with Gasteiger partial charge in [-0.15, -0.1) is 0 Å². The molecule has 5 nitrogen and oxygen atoms in total. The zero-order chi connectivity index (χ0) is 15.4. The van der Waals surface area contributed by atoms with Crippen molar-refractivity contribution in [2.45, 2.75) is 12.8 Å². The Labute approximate surface area is 127 Å². The summed E-state index contributed by atoms with van der Waals surface area (Å²) in [5.41, 5.74) is 2.03. The number of aromatic nitrogens is 1. The van der Waals surface area contributed by atoms with Crippen molar-refractivity contribution in [1.82, 2.24) is 4.57 Å². The molecule has 0 aliphatic carbocycles. The van der Waals surface area contributed by atoms with E-state index in [1.807, 2.05) is 0 Å². The molecular weight excluding hydrogens is 292 g/mol. The predicted molar refractivity (Wildman–Crippen MR) is 80.8 cm³/mol. The van der Waals surface area contributed by atoms with Crippen molar-refractivity contribution in [2.24, 2.45) is 7.05 Å². The highest BCUT2D eigenvalue weighted by Gasteiger charge is 2.11. The van der Waals surface area contributed by atoms with Gasteiger partial charge >= 0.3 is 5.97 Å².